The number of aromatic amines is 1. The largest absolute Gasteiger partial charge is 0.346 e. The summed E-state index contributed by atoms with van der Waals surface area (Å²) >= 11 is 4.37. The van der Waals surface area contributed by atoms with Gasteiger partial charge in [-0.15, -0.1) is 12.6 Å². The maximum Gasteiger partial charge on any atom is 0.273 e. The van der Waals surface area contributed by atoms with Gasteiger partial charge in [0.1, 0.15) is 16.9 Å². The zero-order valence-corrected chi connectivity index (χ0v) is 13.2. The van der Waals surface area contributed by atoms with Gasteiger partial charge in [0.15, 0.2) is 5.82 Å². The fourth-order valence-corrected chi connectivity index (χ4v) is 2.70. The summed E-state index contributed by atoms with van der Waals surface area (Å²) < 4.78 is 0. The van der Waals surface area contributed by atoms with Crippen LogP contribution in [0, 0.1) is 0 Å². The van der Waals surface area contributed by atoms with Gasteiger partial charge >= 0.3 is 0 Å². The first-order valence-corrected chi connectivity index (χ1v) is 7.58. The van der Waals surface area contributed by atoms with E-state index >= 15 is 0 Å². The number of nitrogens with one attached hydrogen (secondary N) is 3. The topological polar surface area (TPSA) is 103 Å². The molecule has 9 heteroatoms. The molecule has 2 aromatic heterocycles. The number of nitrogens with zero attached hydrogens (tertiary/aromatic N) is 3. The fourth-order valence-electron chi connectivity index (χ4n) is 2.38. The molecule has 0 aliphatic carbocycles. The summed E-state index contributed by atoms with van der Waals surface area (Å²) in [4.78, 5) is 36.7. The first-order valence-electron chi connectivity index (χ1n) is 7.07. The Bertz CT molecular complexity index is 719. The average molecular weight is 332 g/mol. The molecule has 8 nitrogen and oxygen atoms in total. The van der Waals surface area contributed by atoms with E-state index in [-0.39, 0.29) is 17.9 Å². The lowest BCUT2D eigenvalue weighted by molar-refractivity contribution is 0.0920. The Hall–Kier alpha value is -2.55. The van der Waals surface area contributed by atoms with Gasteiger partial charge in [-0.3, -0.25) is 14.6 Å². The van der Waals surface area contributed by atoms with E-state index in [9.17, 15) is 9.59 Å². The van der Waals surface area contributed by atoms with Crippen molar-refractivity contribution in [3.05, 3.63) is 42.1 Å². The Morgan fingerprint density at radius 3 is 3.04 bits per heavy atom. The molecule has 0 saturated heterocycles. The number of thiol groups is 1. The van der Waals surface area contributed by atoms with Gasteiger partial charge in [-0.2, -0.15) is 0 Å². The highest BCUT2D eigenvalue weighted by Crippen LogP contribution is 2.23. The third-order valence-corrected chi connectivity index (χ3v) is 3.83. The Kier molecular flexibility index (Phi) is 4.20. The Morgan fingerprint density at radius 1 is 1.48 bits per heavy atom. The van der Waals surface area contributed by atoms with Gasteiger partial charge in [-0.1, -0.05) is 6.07 Å². The van der Waals surface area contributed by atoms with Crippen molar-refractivity contribution in [1.29, 1.82) is 0 Å². The number of hydrogen-bond acceptors (Lipinski definition) is 6. The molecule has 2 amide bonds. The molecule has 0 saturated carbocycles. The third kappa shape index (κ3) is 3.14. The number of carbonyl (C=O) groups is 2. The minimum atomic E-state index is -0.507. The van der Waals surface area contributed by atoms with E-state index in [1.54, 1.807) is 29.3 Å². The highest BCUT2D eigenvalue weighted by Gasteiger charge is 2.32. The van der Waals surface area contributed by atoms with Crippen molar-refractivity contribution in [2.45, 2.75) is 18.5 Å². The van der Waals surface area contributed by atoms with E-state index < -0.39 is 5.50 Å². The number of H-pyrrole nitrogens is 1. The van der Waals surface area contributed by atoms with E-state index in [2.05, 4.69) is 38.2 Å². The normalized spacial score (nSPS) is 18.1. The van der Waals surface area contributed by atoms with Crippen LogP contribution in [0.4, 0.5) is 5.82 Å². The molecule has 0 spiro atoms. The molecule has 23 heavy (non-hydrogen) atoms. The Balaban J connectivity index is 1.68. The molecule has 0 radical (unpaired) electrons. The van der Waals surface area contributed by atoms with Crippen LogP contribution in [0.1, 0.15) is 27.9 Å². The molecule has 0 aromatic carbocycles. The second-order valence-corrected chi connectivity index (χ2v) is 5.68. The molecule has 3 rings (SSSR count). The predicted octanol–water partition coefficient (Wildman–Crippen LogP) is 0.386. The van der Waals surface area contributed by atoms with E-state index in [0.717, 1.165) is 0 Å². The van der Waals surface area contributed by atoms with Crippen molar-refractivity contribution in [2.24, 2.45) is 0 Å². The van der Waals surface area contributed by atoms with Crippen molar-refractivity contribution in [3.63, 3.8) is 0 Å². The van der Waals surface area contributed by atoms with E-state index in [1.807, 2.05) is 6.92 Å². The fraction of sp³-hybridized carbons (Fsp3) is 0.286. The SMILES string of the molecule is CC(CN1c2nc[nH]c2C(=O)NC1S)NC(=O)c1ccccn1. The smallest absolute Gasteiger partial charge is 0.273 e. The number of carbonyl (C=O) groups excluding carboxylic acids is 2. The quantitative estimate of drug-likeness (QED) is 0.607. The van der Waals surface area contributed by atoms with Crippen molar-refractivity contribution < 1.29 is 9.59 Å². The summed E-state index contributed by atoms with van der Waals surface area (Å²) in [7, 11) is 0. The Morgan fingerprint density at radius 2 is 2.30 bits per heavy atom. The molecular weight excluding hydrogens is 316 g/mol. The van der Waals surface area contributed by atoms with Crippen LogP contribution in [0.25, 0.3) is 0 Å². The van der Waals surface area contributed by atoms with Gasteiger partial charge in [0, 0.05) is 18.8 Å². The molecular formula is C14H16N6O2S. The highest BCUT2D eigenvalue weighted by molar-refractivity contribution is 7.81. The summed E-state index contributed by atoms with van der Waals surface area (Å²) in [6, 6.07) is 4.96. The van der Waals surface area contributed by atoms with Crippen LogP contribution in [0.15, 0.2) is 30.7 Å². The molecule has 1 aliphatic rings. The standard InChI is InChI=1S/C14H16N6O2S/c1-8(18-12(21)9-4-2-3-5-15-9)6-20-11-10(16-7-17-11)13(22)19-14(20)23/h2-5,7-8,14,23H,6H2,1H3,(H,16,17)(H,18,21)(H,19,22). The van der Waals surface area contributed by atoms with Crippen molar-refractivity contribution >= 4 is 30.3 Å². The number of hydrogen-bond donors (Lipinski definition) is 4. The van der Waals surface area contributed by atoms with Gasteiger partial charge in [-0.25, -0.2) is 4.98 Å². The van der Waals surface area contributed by atoms with Crippen LogP contribution >= 0.6 is 12.6 Å². The Labute approximate surface area is 138 Å². The molecule has 120 valence electrons. The summed E-state index contributed by atoms with van der Waals surface area (Å²) in [5.74, 6) is 0.0173. The van der Waals surface area contributed by atoms with Crippen molar-refractivity contribution in [1.82, 2.24) is 25.6 Å². The minimum absolute atomic E-state index is 0.196. The summed E-state index contributed by atoms with van der Waals surface area (Å²) in [5.41, 5.74) is 0.236. The molecule has 0 fully saturated rings. The number of rotatable bonds is 4. The van der Waals surface area contributed by atoms with Crippen LogP contribution in [0.5, 0.6) is 0 Å². The molecule has 2 atom stereocenters. The van der Waals surface area contributed by atoms with Crippen LogP contribution in [-0.4, -0.2) is 44.9 Å². The zero-order chi connectivity index (χ0) is 16.4. The highest BCUT2D eigenvalue weighted by atomic mass is 32.1. The van der Waals surface area contributed by atoms with E-state index in [1.165, 1.54) is 6.33 Å². The minimum Gasteiger partial charge on any atom is -0.346 e. The van der Waals surface area contributed by atoms with E-state index in [0.29, 0.717) is 23.8 Å². The summed E-state index contributed by atoms with van der Waals surface area (Å²) in [5, 5.41) is 5.59. The number of anilines is 1. The summed E-state index contributed by atoms with van der Waals surface area (Å²) in [6.07, 6.45) is 3.03. The molecule has 2 aromatic rings. The third-order valence-electron chi connectivity index (χ3n) is 3.42. The van der Waals surface area contributed by atoms with Gasteiger partial charge < -0.3 is 20.5 Å². The monoisotopic (exact) mass is 332 g/mol. The molecule has 3 N–H and O–H groups in total. The van der Waals surface area contributed by atoms with Crippen LogP contribution in [0.2, 0.25) is 0 Å². The first-order chi connectivity index (χ1) is 11.1. The summed E-state index contributed by atoms with van der Waals surface area (Å²) in [6.45, 7) is 2.30. The molecule has 0 bridgehead atoms. The number of aromatic nitrogens is 3. The van der Waals surface area contributed by atoms with Gasteiger partial charge in [0.2, 0.25) is 0 Å². The molecule has 2 unspecified atom stereocenters. The van der Waals surface area contributed by atoms with E-state index in [4.69, 9.17) is 0 Å². The lowest BCUT2D eigenvalue weighted by Gasteiger charge is -2.35. The average Bonchev–Trinajstić information content (AvgIpc) is 3.02. The lowest BCUT2D eigenvalue weighted by atomic mass is 10.2. The maximum absolute atomic E-state index is 12.1. The predicted molar refractivity (Wildman–Crippen MR) is 87.3 cm³/mol. The van der Waals surface area contributed by atoms with Gasteiger partial charge in [0.05, 0.1) is 6.33 Å². The van der Waals surface area contributed by atoms with Crippen LogP contribution in [-0.2, 0) is 0 Å². The van der Waals surface area contributed by atoms with Crippen LogP contribution < -0.4 is 15.5 Å². The second-order valence-electron chi connectivity index (χ2n) is 5.19. The number of pyridine rings is 1. The van der Waals surface area contributed by atoms with Gasteiger partial charge in [-0.05, 0) is 19.1 Å². The zero-order valence-electron chi connectivity index (χ0n) is 12.4. The van der Waals surface area contributed by atoms with Crippen molar-refractivity contribution in [3.8, 4) is 0 Å². The van der Waals surface area contributed by atoms with Crippen LogP contribution in [0.3, 0.4) is 0 Å². The maximum atomic E-state index is 12.1. The van der Waals surface area contributed by atoms with Gasteiger partial charge in [0.25, 0.3) is 11.8 Å². The lowest BCUT2D eigenvalue weighted by Crippen LogP contribution is -2.54. The molecule has 3 heterocycles. The molecule has 1 aliphatic heterocycles. The first kappa shape index (κ1) is 15.3. The second kappa shape index (κ2) is 6.29. The number of fused-ring (bicyclic) bond motifs is 1. The van der Waals surface area contributed by atoms with Crippen molar-refractivity contribution in [2.75, 3.05) is 11.4 Å². The number of amides is 2. The number of imidazole rings is 1.